The first-order valence-corrected chi connectivity index (χ1v) is 11.4. The highest BCUT2D eigenvalue weighted by atomic mass is 16.6. The maximum absolute atomic E-state index is 13.2. The van der Waals surface area contributed by atoms with Gasteiger partial charge in [-0.15, -0.1) is 0 Å². The summed E-state index contributed by atoms with van der Waals surface area (Å²) in [7, 11) is 0. The van der Waals surface area contributed by atoms with Crippen molar-refractivity contribution in [2.45, 2.75) is 6.42 Å². The normalized spacial score (nSPS) is 15.0. The number of carbonyl (C=O) groups is 2. The number of para-hydroxylation sites is 1. The van der Waals surface area contributed by atoms with Gasteiger partial charge in [-0.05, 0) is 48.4 Å². The lowest BCUT2D eigenvalue weighted by molar-refractivity contribution is -0.384. The summed E-state index contributed by atoms with van der Waals surface area (Å²) in [6, 6.07) is 18.8. The van der Waals surface area contributed by atoms with Gasteiger partial charge in [-0.2, -0.15) is 0 Å². The van der Waals surface area contributed by atoms with Crippen molar-refractivity contribution >= 4 is 34.6 Å². The Kier molecular flexibility index (Phi) is 6.15. The molecule has 9 heteroatoms. The van der Waals surface area contributed by atoms with Crippen LogP contribution in [0.4, 0.5) is 22.7 Å². The summed E-state index contributed by atoms with van der Waals surface area (Å²) >= 11 is 0. The molecule has 1 fully saturated rings. The lowest BCUT2D eigenvalue weighted by Gasteiger charge is -2.30. The van der Waals surface area contributed by atoms with Crippen LogP contribution >= 0.6 is 0 Å². The van der Waals surface area contributed by atoms with E-state index in [9.17, 15) is 19.7 Å². The van der Waals surface area contributed by atoms with Crippen molar-refractivity contribution in [1.82, 2.24) is 0 Å². The minimum atomic E-state index is -0.517. The number of nitrogens with one attached hydrogen (secondary N) is 1. The van der Waals surface area contributed by atoms with E-state index in [-0.39, 0.29) is 17.2 Å². The van der Waals surface area contributed by atoms with Gasteiger partial charge in [-0.3, -0.25) is 19.7 Å². The third kappa shape index (κ3) is 4.58. The SMILES string of the molecule is O=C(Nc1ccc(C(=O)N2CCc3ccccc32)cc1)c1cc([N+](=O)[O-])ccc1N1CCOCC1. The Morgan fingerprint density at radius 3 is 2.40 bits per heavy atom. The quantitative estimate of drug-likeness (QED) is 0.446. The number of nitrogens with zero attached hydrogens (tertiary/aromatic N) is 3. The van der Waals surface area contributed by atoms with Crippen molar-refractivity contribution in [2.75, 3.05) is 48.0 Å². The summed E-state index contributed by atoms with van der Waals surface area (Å²) in [6.07, 6.45) is 0.824. The number of ether oxygens (including phenoxy) is 1. The summed E-state index contributed by atoms with van der Waals surface area (Å²) in [6.45, 7) is 2.86. The van der Waals surface area contributed by atoms with Crippen LogP contribution in [0, 0.1) is 10.1 Å². The Bertz CT molecular complexity index is 1290. The van der Waals surface area contributed by atoms with E-state index in [0.29, 0.717) is 49.8 Å². The highest BCUT2D eigenvalue weighted by Crippen LogP contribution is 2.30. The van der Waals surface area contributed by atoms with Crippen molar-refractivity contribution in [3.05, 3.63) is 93.5 Å². The van der Waals surface area contributed by atoms with Gasteiger partial charge in [-0.25, -0.2) is 0 Å². The summed E-state index contributed by atoms with van der Waals surface area (Å²) in [5.41, 5.74) is 3.77. The van der Waals surface area contributed by atoms with Crippen LogP contribution in [-0.2, 0) is 11.2 Å². The average Bonchev–Trinajstić information content (AvgIpc) is 3.33. The molecule has 9 nitrogen and oxygen atoms in total. The molecule has 2 amide bonds. The molecule has 0 bridgehead atoms. The molecule has 178 valence electrons. The molecule has 3 aromatic rings. The Balaban J connectivity index is 1.34. The zero-order chi connectivity index (χ0) is 24.4. The van der Waals surface area contributed by atoms with Gasteiger partial charge in [-0.1, -0.05) is 18.2 Å². The fourth-order valence-electron chi connectivity index (χ4n) is 4.50. The van der Waals surface area contributed by atoms with Crippen LogP contribution in [0.2, 0.25) is 0 Å². The average molecular weight is 473 g/mol. The molecule has 0 aliphatic carbocycles. The van der Waals surface area contributed by atoms with E-state index in [0.717, 1.165) is 17.7 Å². The van der Waals surface area contributed by atoms with Crippen molar-refractivity contribution in [2.24, 2.45) is 0 Å². The molecule has 2 aliphatic rings. The number of anilines is 3. The zero-order valence-corrected chi connectivity index (χ0v) is 19.0. The van der Waals surface area contributed by atoms with Crippen LogP contribution in [0.15, 0.2) is 66.7 Å². The zero-order valence-electron chi connectivity index (χ0n) is 19.0. The first-order valence-electron chi connectivity index (χ1n) is 11.4. The molecule has 1 N–H and O–H groups in total. The van der Waals surface area contributed by atoms with Crippen molar-refractivity contribution in [1.29, 1.82) is 0 Å². The number of rotatable bonds is 5. The number of carbonyl (C=O) groups excluding carboxylic acids is 2. The van der Waals surface area contributed by atoms with Crippen LogP contribution in [0.1, 0.15) is 26.3 Å². The molecule has 0 aromatic heterocycles. The third-order valence-corrected chi connectivity index (χ3v) is 6.31. The second-order valence-corrected chi connectivity index (χ2v) is 8.42. The number of amides is 2. The number of morpholine rings is 1. The lowest BCUT2D eigenvalue weighted by atomic mass is 10.1. The van der Waals surface area contributed by atoms with Gasteiger partial charge in [0.05, 0.1) is 29.4 Å². The molecule has 0 saturated carbocycles. The molecular weight excluding hydrogens is 448 g/mol. The fourth-order valence-corrected chi connectivity index (χ4v) is 4.50. The first kappa shape index (κ1) is 22.5. The molecule has 35 heavy (non-hydrogen) atoms. The van der Waals surface area contributed by atoms with Gasteiger partial charge in [0.25, 0.3) is 17.5 Å². The van der Waals surface area contributed by atoms with Gasteiger partial charge in [0.2, 0.25) is 0 Å². The number of nitro groups is 1. The maximum atomic E-state index is 13.2. The van der Waals surface area contributed by atoms with Gasteiger partial charge in [0.15, 0.2) is 0 Å². The molecule has 5 rings (SSSR count). The van der Waals surface area contributed by atoms with Crippen molar-refractivity contribution in [3.8, 4) is 0 Å². The van der Waals surface area contributed by atoms with Gasteiger partial charge < -0.3 is 19.9 Å². The molecule has 1 saturated heterocycles. The topological polar surface area (TPSA) is 105 Å². The largest absolute Gasteiger partial charge is 0.378 e. The predicted molar refractivity (Wildman–Crippen MR) is 132 cm³/mol. The highest BCUT2D eigenvalue weighted by molar-refractivity contribution is 6.10. The van der Waals surface area contributed by atoms with Crippen molar-refractivity contribution in [3.63, 3.8) is 0 Å². The van der Waals surface area contributed by atoms with Crippen LogP contribution in [-0.4, -0.2) is 49.6 Å². The molecule has 0 unspecified atom stereocenters. The summed E-state index contributed by atoms with van der Waals surface area (Å²) in [5, 5.41) is 14.1. The minimum absolute atomic E-state index is 0.0962. The Morgan fingerprint density at radius 2 is 1.66 bits per heavy atom. The van der Waals surface area contributed by atoms with Gasteiger partial charge >= 0.3 is 0 Å². The Hall–Kier alpha value is -4.24. The fraction of sp³-hybridized carbons (Fsp3) is 0.231. The van der Waals surface area contributed by atoms with Crippen molar-refractivity contribution < 1.29 is 19.2 Å². The van der Waals surface area contributed by atoms with E-state index in [4.69, 9.17) is 4.74 Å². The number of benzene rings is 3. The van der Waals surface area contributed by atoms with Crippen LogP contribution < -0.4 is 15.1 Å². The molecule has 2 heterocycles. The number of hydrogen-bond acceptors (Lipinski definition) is 6. The monoisotopic (exact) mass is 472 g/mol. The van der Waals surface area contributed by atoms with Crippen LogP contribution in [0.3, 0.4) is 0 Å². The van der Waals surface area contributed by atoms with Crippen LogP contribution in [0.25, 0.3) is 0 Å². The lowest BCUT2D eigenvalue weighted by Crippen LogP contribution is -2.37. The second-order valence-electron chi connectivity index (χ2n) is 8.42. The first-order chi connectivity index (χ1) is 17.0. The van der Waals surface area contributed by atoms with Gasteiger partial charge in [0.1, 0.15) is 0 Å². The Labute approximate surface area is 202 Å². The van der Waals surface area contributed by atoms with E-state index in [2.05, 4.69) is 5.32 Å². The number of hydrogen-bond donors (Lipinski definition) is 1. The molecule has 2 aliphatic heterocycles. The number of nitro benzene ring substituents is 1. The summed E-state index contributed by atoms with van der Waals surface area (Å²) in [5.74, 6) is -0.552. The predicted octanol–water partition coefficient (Wildman–Crippen LogP) is 3.89. The smallest absolute Gasteiger partial charge is 0.270 e. The number of non-ortho nitro benzene ring substituents is 1. The number of fused-ring (bicyclic) bond motifs is 1. The minimum Gasteiger partial charge on any atom is -0.378 e. The highest BCUT2D eigenvalue weighted by Gasteiger charge is 2.25. The summed E-state index contributed by atoms with van der Waals surface area (Å²) in [4.78, 5) is 40.7. The molecule has 0 atom stereocenters. The summed E-state index contributed by atoms with van der Waals surface area (Å²) < 4.78 is 5.38. The van der Waals surface area contributed by atoms with E-state index in [1.807, 2.05) is 29.2 Å². The van der Waals surface area contributed by atoms with E-state index in [1.54, 1.807) is 35.2 Å². The maximum Gasteiger partial charge on any atom is 0.270 e. The van der Waals surface area contributed by atoms with E-state index < -0.39 is 10.8 Å². The second kappa shape index (κ2) is 9.55. The van der Waals surface area contributed by atoms with Gasteiger partial charge in [0, 0.05) is 48.7 Å². The molecular formula is C26H24N4O5. The third-order valence-electron chi connectivity index (χ3n) is 6.31. The molecule has 0 radical (unpaired) electrons. The van der Waals surface area contributed by atoms with Crippen LogP contribution in [0.5, 0.6) is 0 Å². The molecule has 3 aromatic carbocycles. The standard InChI is InChI=1S/C26H24N4O5/c31-25(22-17-21(30(33)34)9-10-24(22)28-13-15-35-16-14-28)27-20-7-5-19(6-8-20)26(32)29-12-11-18-3-1-2-4-23(18)29/h1-10,17H,11-16H2,(H,27,31). The van der Waals surface area contributed by atoms with E-state index in [1.165, 1.54) is 12.1 Å². The van der Waals surface area contributed by atoms with E-state index >= 15 is 0 Å². The molecule has 0 spiro atoms. The Morgan fingerprint density at radius 1 is 0.914 bits per heavy atom.